The molecule has 0 spiro atoms. The van der Waals surface area contributed by atoms with Gasteiger partial charge in [0.2, 0.25) is 5.78 Å². The summed E-state index contributed by atoms with van der Waals surface area (Å²) in [6, 6.07) is 9.03. The molecule has 0 bridgehead atoms. The van der Waals surface area contributed by atoms with Gasteiger partial charge in [0.25, 0.3) is 0 Å². The van der Waals surface area contributed by atoms with E-state index in [9.17, 15) is 19.7 Å². The number of rotatable bonds is 7. The van der Waals surface area contributed by atoms with E-state index in [2.05, 4.69) is 0 Å². The Morgan fingerprint density at radius 3 is 2.42 bits per heavy atom. The Morgan fingerprint density at radius 2 is 1.88 bits per heavy atom. The molecule has 1 atom stereocenters. The molecule has 8 heteroatoms. The fraction of sp³-hybridized carbons (Fsp3) is 0.250. The van der Waals surface area contributed by atoms with Crippen LogP contribution in [-0.2, 0) is 4.74 Å². The summed E-state index contributed by atoms with van der Waals surface area (Å²) in [4.78, 5) is 34.3. The highest BCUT2D eigenvalue weighted by Crippen LogP contribution is 2.25. The minimum atomic E-state index is -1.00. The lowest BCUT2D eigenvalue weighted by Crippen LogP contribution is -2.24. The summed E-state index contributed by atoms with van der Waals surface area (Å²) in [6.45, 7) is 3.84. The Kier molecular flexibility index (Phi) is 5.64. The number of carbonyl (C=O) groups is 2. The molecule has 0 aliphatic carbocycles. The molecular formula is C16H15NO6S. The predicted octanol–water partition coefficient (Wildman–Crippen LogP) is 3.48. The van der Waals surface area contributed by atoms with Crippen LogP contribution in [-0.4, -0.2) is 29.4 Å². The third-order valence-electron chi connectivity index (χ3n) is 3.08. The molecule has 1 aromatic heterocycles. The molecule has 0 fully saturated rings. The Hall–Kier alpha value is -2.74. The third kappa shape index (κ3) is 4.17. The molecule has 24 heavy (non-hydrogen) atoms. The van der Waals surface area contributed by atoms with Crippen molar-refractivity contribution in [2.24, 2.45) is 0 Å². The molecule has 0 unspecified atom stereocenters. The number of nitro groups is 1. The molecule has 1 heterocycles. The number of carbonyl (C=O) groups excluding carboxylic acids is 2. The first-order valence-electron chi connectivity index (χ1n) is 7.14. The van der Waals surface area contributed by atoms with Gasteiger partial charge in [0.1, 0.15) is 10.6 Å². The summed E-state index contributed by atoms with van der Waals surface area (Å²) in [6.07, 6.45) is -1.00. The number of Topliss-reactive ketones (excluding diaryl/α,β-unsaturated/α-hetero) is 1. The van der Waals surface area contributed by atoms with Crippen molar-refractivity contribution in [3.05, 3.63) is 57.0 Å². The Balaban J connectivity index is 2.02. The van der Waals surface area contributed by atoms with Crippen LogP contribution < -0.4 is 4.74 Å². The van der Waals surface area contributed by atoms with Crippen LogP contribution in [0.5, 0.6) is 5.75 Å². The normalized spacial score (nSPS) is 11.6. The molecule has 0 saturated heterocycles. The maximum absolute atomic E-state index is 12.3. The second-order valence-electron chi connectivity index (χ2n) is 4.76. The van der Waals surface area contributed by atoms with E-state index in [-0.39, 0.29) is 15.7 Å². The standard InChI is InChI=1S/C16H15NO6S/c1-3-22-12-6-4-11(5-7-12)15(18)10(2)23-16(19)13-8-9-14(24-13)17(20)21/h4-10H,3H2,1-2H3/t10-/m0/s1. The highest BCUT2D eigenvalue weighted by molar-refractivity contribution is 7.17. The quantitative estimate of drug-likeness (QED) is 0.329. The van der Waals surface area contributed by atoms with E-state index in [1.165, 1.54) is 19.1 Å². The van der Waals surface area contributed by atoms with Crippen molar-refractivity contribution in [2.75, 3.05) is 6.61 Å². The van der Waals surface area contributed by atoms with Crippen LogP contribution in [0, 0.1) is 10.1 Å². The van der Waals surface area contributed by atoms with Crippen LogP contribution in [0.15, 0.2) is 36.4 Å². The zero-order valence-corrected chi connectivity index (χ0v) is 13.9. The minimum absolute atomic E-state index is 0.0769. The van der Waals surface area contributed by atoms with Crippen molar-refractivity contribution in [1.82, 2.24) is 0 Å². The van der Waals surface area contributed by atoms with Crippen molar-refractivity contribution < 1.29 is 24.0 Å². The van der Waals surface area contributed by atoms with E-state index >= 15 is 0 Å². The van der Waals surface area contributed by atoms with E-state index in [0.29, 0.717) is 29.3 Å². The Bertz CT molecular complexity index is 752. The zero-order valence-electron chi connectivity index (χ0n) is 13.1. The van der Waals surface area contributed by atoms with Gasteiger partial charge in [-0.25, -0.2) is 4.79 Å². The van der Waals surface area contributed by atoms with Gasteiger partial charge in [-0.1, -0.05) is 11.3 Å². The molecule has 1 aromatic carbocycles. The lowest BCUT2D eigenvalue weighted by atomic mass is 10.1. The third-order valence-corrected chi connectivity index (χ3v) is 4.09. The van der Waals surface area contributed by atoms with Gasteiger partial charge >= 0.3 is 11.0 Å². The number of hydrogen-bond donors (Lipinski definition) is 0. The molecule has 0 aliphatic heterocycles. The topological polar surface area (TPSA) is 95.7 Å². The molecular weight excluding hydrogens is 334 g/mol. The second kappa shape index (κ2) is 7.69. The van der Waals surface area contributed by atoms with Crippen molar-refractivity contribution in [3.63, 3.8) is 0 Å². The maximum atomic E-state index is 12.3. The summed E-state index contributed by atoms with van der Waals surface area (Å²) in [5, 5.41) is 10.5. The predicted molar refractivity (Wildman–Crippen MR) is 87.8 cm³/mol. The summed E-state index contributed by atoms with van der Waals surface area (Å²) in [5.41, 5.74) is 0.385. The van der Waals surface area contributed by atoms with Crippen LogP contribution in [0.4, 0.5) is 5.00 Å². The molecule has 0 radical (unpaired) electrons. The van der Waals surface area contributed by atoms with Gasteiger partial charge in [-0.05, 0) is 44.2 Å². The molecule has 2 rings (SSSR count). The van der Waals surface area contributed by atoms with E-state index in [1.807, 2.05) is 6.92 Å². The molecule has 0 aliphatic rings. The molecule has 0 N–H and O–H groups in total. The summed E-state index contributed by atoms with van der Waals surface area (Å²) < 4.78 is 10.4. The first-order valence-corrected chi connectivity index (χ1v) is 7.96. The average Bonchev–Trinajstić information content (AvgIpc) is 3.05. The minimum Gasteiger partial charge on any atom is -0.494 e. The zero-order chi connectivity index (χ0) is 17.7. The van der Waals surface area contributed by atoms with Gasteiger partial charge < -0.3 is 9.47 Å². The Labute approximate surface area is 142 Å². The van der Waals surface area contributed by atoms with Crippen molar-refractivity contribution >= 4 is 28.1 Å². The maximum Gasteiger partial charge on any atom is 0.349 e. The highest BCUT2D eigenvalue weighted by Gasteiger charge is 2.23. The molecule has 126 valence electrons. The number of esters is 1. The van der Waals surface area contributed by atoms with E-state index in [4.69, 9.17) is 9.47 Å². The monoisotopic (exact) mass is 349 g/mol. The van der Waals surface area contributed by atoms with Gasteiger partial charge in [-0.2, -0.15) is 0 Å². The van der Waals surface area contributed by atoms with Gasteiger partial charge in [-0.15, -0.1) is 0 Å². The van der Waals surface area contributed by atoms with Crippen LogP contribution in [0.25, 0.3) is 0 Å². The number of ether oxygens (including phenoxy) is 2. The fourth-order valence-electron chi connectivity index (χ4n) is 1.92. The van der Waals surface area contributed by atoms with Gasteiger partial charge in [0.15, 0.2) is 6.10 Å². The number of nitrogens with zero attached hydrogens (tertiary/aromatic N) is 1. The van der Waals surface area contributed by atoms with Crippen molar-refractivity contribution in [3.8, 4) is 5.75 Å². The fourth-order valence-corrected chi connectivity index (χ4v) is 2.63. The van der Waals surface area contributed by atoms with E-state index in [1.54, 1.807) is 24.3 Å². The summed E-state index contributed by atoms with van der Waals surface area (Å²) >= 11 is 0.705. The first kappa shape index (κ1) is 17.6. The lowest BCUT2D eigenvalue weighted by molar-refractivity contribution is -0.380. The van der Waals surface area contributed by atoms with E-state index in [0.717, 1.165) is 0 Å². The average molecular weight is 349 g/mol. The van der Waals surface area contributed by atoms with Crippen LogP contribution in [0.1, 0.15) is 33.9 Å². The van der Waals surface area contributed by atoms with E-state index < -0.39 is 17.0 Å². The SMILES string of the molecule is CCOc1ccc(C(=O)[C@H](C)OC(=O)c2ccc([N+](=O)[O-])s2)cc1. The van der Waals surface area contributed by atoms with Crippen LogP contribution in [0.2, 0.25) is 0 Å². The smallest absolute Gasteiger partial charge is 0.349 e. The summed E-state index contributed by atoms with van der Waals surface area (Å²) in [7, 11) is 0. The molecule has 2 aromatic rings. The molecule has 0 amide bonds. The molecule has 7 nitrogen and oxygen atoms in total. The summed E-state index contributed by atoms with van der Waals surface area (Å²) in [5.74, 6) is -0.484. The number of ketones is 1. The molecule has 0 saturated carbocycles. The Morgan fingerprint density at radius 1 is 1.21 bits per heavy atom. The first-order chi connectivity index (χ1) is 11.4. The number of hydrogen-bond acceptors (Lipinski definition) is 7. The van der Waals surface area contributed by atoms with Crippen LogP contribution >= 0.6 is 11.3 Å². The highest BCUT2D eigenvalue weighted by atomic mass is 32.1. The van der Waals surface area contributed by atoms with Gasteiger partial charge in [0.05, 0.1) is 11.5 Å². The lowest BCUT2D eigenvalue weighted by Gasteiger charge is -2.12. The van der Waals surface area contributed by atoms with Gasteiger partial charge in [0, 0.05) is 11.6 Å². The van der Waals surface area contributed by atoms with Crippen molar-refractivity contribution in [1.29, 1.82) is 0 Å². The largest absolute Gasteiger partial charge is 0.494 e. The van der Waals surface area contributed by atoms with Crippen molar-refractivity contribution in [2.45, 2.75) is 20.0 Å². The van der Waals surface area contributed by atoms with Gasteiger partial charge in [-0.3, -0.25) is 14.9 Å². The van der Waals surface area contributed by atoms with Crippen LogP contribution in [0.3, 0.4) is 0 Å². The number of thiophene rings is 1. The number of benzene rings is 1. The second-order valence-corrected chi connectivity index (χ2v) is 5.83.